The summed E-state index contributed by atoms with van der Waals surface area (Å²) in [4.78, 5) is 10.6. The molecule has 0 saturated heterocycles. The van der Waals surface area contributed by atoms with Crippen molar-refractivity contribution < 1.29 is 19.7 Å². The van der Waals surface area contributed by atoms with Crippen LogP contribution in [0.3, 0.4) is 0 Å². The van der Waals surface area contributed by atoms with Gasteiger partial charge in [0.25, 0.3) is 0 Å². The second kappa shape index (κ2) is 6.57. The lowest BCUT2D eigenvalue weighted by Gasteiger charge is -2.26. The second-order valence-corrected chi connectivity index (χ2v) is 5.05. The van der Waals surface area contributed by atoms with Crippen LogP contribution in [0.4, 0.5) is 0 Å². The van der Waals surface area contributed by atoms with Crippen LogP contribution in [0.2, 0.25) is 0 Å². The molecule has 0 fully saturated rings. The van der Waals surface area contributed by atoms with Gasteiger partial charge in [-0.05, 0) is 55.2 Å². The smallest absolute Gasteiger partial charge is 0.341 e. The first-order chi connectivity index (χ1) is 9.20. The van der Waals surface area contributed by atoms with Crippen molar-refractivity contribution in [3.63, 3.8) is 0 Å². The van der Waals surface area contributed by atoms with Crippen LogP contribution < -0.4 is 4.74 Å². The highest BCUT2D eigenvalue weighted by molar-refractivity contribution is 5.68. The van der Waals surface area contributed by atoms with Crippen molar-refractivity contribution in [2.45, 2.75) is 32.1 Å². The minimum atomic E-state index is -0.950. The van der Waals surface area contributed by atoms with E-state index in [1.54, 1.807) is 0 Å². The number of fused-ring (bicyclic) bond motifs is 1. The lowest BCUT2D eigenvalue weighted by Crippen LogP contribution is -2.17. The summed E-state index contributed by atoms with van der Waals surface area (Å²) in [6, 6.07) is 5.86. The molecule has 0 bridgehead atoms. The molecule has 0 aliphatic heterocycles. The second-order valence-electron chi connectivity index (χ2n) is 5.05. The molecule has 1 atom stereocenters. The minimum absolute atomic E-state index is 0.255. The number of benzene rings is 1. The van der Waals surface area contributed by atoms with Gasteiger partial charge in [0, 0.05) is 6.61 Å². The van der Waals surface area contributed by atoms with E-state index in [0.29, 0.717) is 11.7 Å². The number of rotatable bonds is 6. The first kappa shape index (κ1) is 13.9. The normalized spacial score (nSPS) is 17.8. The molecule has 0 heterocycles. The molecule has 2 rings (SSSR count). The number of carboxylic acids is 1. The van der Waals surface area contributed by atoms with Crippen LogP contribution in [0.25, 0.3) is 0 Å². The summed E-state index contributed by atoms with van der Waals surface area (Å²) in [5.74, 6) is 0.379. The van der Waals surface area contributed by atoms with Gasteiger partial charge < -0.3 is 14.9 Å². The Labute approximate surface area is 113 Å². The van der Waals surface area contributed by atoms with Crippen LogP contribution in [-0.4, -0.2) is 29.4 Å². The summed E-state index contributed by atoms with van der Waals surface area (Å²) >= 11 is 0. The predicted molar refractivity (Wildman–Crippen MR) is 71.4 cm³/mol. The molecule has 4 heteroatoms. The van der Waals surface area contributed by atoms with Crippen molar-refractivity contribution >= 4 is 5.97 Å². The maximum atomic E-state index is 10.6. The van der Waals surface area contributed by atoms with E-state index in [1.165, 1.54) is 5.56 Å². The summed E-state index contributed by atoms with van der Waals surface area (Å²) in [5.41, 5.74) is 2.42. The first-order valence-corrected chi connectivity index (χ1v) is 6.77. The van der Waals surface area contributed by atoms with Crippen LogP contribution in [0, 0.1) is 5.92 Å². The first-order valence-electron chi connectivity index (χ1n) is 6.77. The fourth-order valence-electron chi connectivity index (χ4n) is 2.75. The van der Waals surface area contributed by atoms with Gasteiger partial charge in [-0.25, -0.2) is 4.79 Å². The molecule has 4 nitrogen and oxygen atoms in total. The van der Waals surface area contributed by atoms with Gasteiger partial charge in [-0.15, -0.1) is 0 Å². The highest BCUT2D eigenvalue weighted by Gasteiger charge is 2.21. The average Bonchev–Trinajstić information content (AvgIpc) is 2.42. The lowest BCUT2D eigenvalue weighted by molar-refractivity contribution is -0.139. The van der Waals surface area contributed by atoms with E-state index in [-0.39, 0.29) is 13.2 Å². The van der Waals surface area contributed by atoms with Gasteiger partial charge in [0.15, 0.2) is 6.61 Å². The molecule has 104 valence electrons. The minimum Gasteiger partial charge on any atom is -0.482 e. The summed E-state index contributed by atoms with van der Waals surface area (Å²) in [5, 5.41) is 17.6. The Morgan fingerprint density at radius 1 is 1.42 bits per heavy atom. The molecule has 19 heavy (non-hydrogen) atoms. The third-order valence-electron chi connectivity index (χ3n) is 3.66. The Balaban J connectivity index is 2.05. The Morgan fingerprint density at radius 2 is 2.26 bits per heavy atom. The quantitative estimate of drug-likeness (QED) is 0.825. The summed E-state index contributed by atoms with van der Waals surface area (Å²) in [6.07, 6.45) is 4.92. The summed E-state index contributed by atoms with van der Waals surface area (Å²) in [7, 11) is 0. The zero-order valence-corrected chi connectivity index (χ0v) is 11.0. The van der Waals surface area contributed by atoms with Gasteiger partial charge in [-0.3, -0.25) is 0 Å². The van der Waals surface area contributed by atoms with Crippen molar-refractivity contribution in [2.24, 2.45) is 5.92 Å². The predicted octanol–water partition coefficient (Wildman–Crippen LogP) is 2.03. The number of carbonyl (C=O) groups is 1. The fourth-order valence-corrected chi connectivity index (χ4v) is 2.75. The molecule has 2 N–H and O–H groups in total. The average molecular weight is 264 g/mol. The topological polar surface area (TPSA) is 66.8 Å². The summed E-state index contributed by atoms with van der Waals surface area (Å²) in [6.45, 7) is -0.0322. The molecule has 1 aliphatic carbocycles. The third-order valence-corrected chi connectivity index (χ3v) is 3.66. The van der Waals surface area contributed by atoms with Gasteiger partial charge in [0.1, 0.15) is 5.75 Å². The maximum Gasteiger partial charge on any atom is 0.341 e. The van der Waals surface area contributed by atoms with E-state index in [9.17, 15) is 4.79 Å². The number of ether oxygens (including phenoxy) is 1. The highest BCUT2D eigenvalue weighted by atomic mass is 16.5. The standard InChI is InChI=1S/C15H20O4/c16-8-2-3-11-6-7-13-12(9-11)4-1-5-14(13)19-10-15(17)18/h1,4-5,11,16H,2-3,6-10H2,(H,17,18). The van der Waals surface area contributed by atoms with Gasteiger partial charge in [0.2, 0.25) is 0 Å². The molecule has 0 amide bonds. The molecular weight excluding hydrogens is 244 g/mol. The van der Waals surface area contributed by atoms with Gasteiger partial charge in [-0.1, -0.05) is 12.1 Å². The monoisotopic (exact) mass is 264 g/mol. The van der Waals surface area contributed by atoms with E-state index in [1.807, 2.05) is 12.1 Å². The molecule has 0 spiro atoms. The van der Waals surface area contributed by atoms with E-state index in [4.69, 9.17) is 14.9 Å². The molecule has 1 aliphatic rings. The molecule has 0 saturated carbocycles. The Kier molecular flexibility index (Phi) is 4.80. The van der Waals surface area contributed by atoms with Crippen LogP contribution in [0.5, 0.6) is 5.75 Å². The Bertz CT molecular complexity index is 442. The third kappa shape index (κ3) is 3.70. The zero-order chi connectivity index (χ0) is 13.7. The Morgan fingerprint density at radius 3 is 3.00 bits per heavy atom. The molecule has 0 aromatic heterocycles. The van der Waals surface area contributed by atoms with Crippen molar-refractivity contribution in [3.8, 4) is 5.75 Å². The summed E-state index contributed by atoms with van der Waals surface area (Å²) < 4.78 is 5.34. The number of aliphatic hydroxyl groups excluding tert-OH is 1. The number of carboxylic acid groups (broad SMARTS) is 1. The number of aliphatic hydroxyl groups is 1. The van der Waals surface area contributed by atoms with Gasteiger partial charge in [-0.2, -0.15) is 0 Å². The van der Waals surface area contributed by atoms with Crippen molar-refractivity contribution in [2.75, 3.05) is 13.2 Å². The molecule has 1 aromatic carbocycles. The SMILES string of the molecule is O=C(O)COc1cccc2c1CCC(CCCO)C2. The van der Waals surface area contributed by atoms with Gasteiger partial charge in [0.05, 0.1) is 0 Å². The molecule has 0 radical (unpaired) electrons. The van der Waals surface area contributed by atoms with Crippen LogP contribution in [-0.2, 0) is 17.6 Å². The van der Waals surface area contributed by atoms with Crippen molar-refractivity contribution in [1.82, 2.24) is 0 Å². The zero-order valence-electron chi connectivity index (χ0n) is 11.0. The van der Waals surface area contributed by atoms with Crippen LogP contribution in [0.1, 0.15) is 30.4 Å². The van der Waals surface area contributed by atoms with Crippen molar-refractivity contribution in [1.29, 1.82) is 0 Å². The molecule has 1 unspecified atom stereocenters. The van der Waals surface area contributed by atoms with Gasteiger partial charge >= 0.3 is 5.97 Å². The van der Waals surface area contributed by atoms with E-state index < -0.39 is 5.97 Å². The van der Waals surface area contributed by atoms with E-state index in [0.717, 1.165) is 37.7 Å². The Hall–Kier alpha value is -1.55. The lowest BCUT2D eigenvalue weighted by atomic mass is 9.81. The van der Waals surface area contributed by atoms with Crippen LogP contribution >= 0.6 is 0 Å². The number of aliphatic carboxylic acids is 1. The molecule has 1 aromatic rings. The van der Waals surface area contributed by atoms with Crippen molar-refractivity contribution in [3.05, 3.63) is 29.3 Å². The molecular formula is C15H20O4. The fraction of sp³-hybridized carbons (Fsp3) is 0.533. The van der Waals surface area contributed by atoms with E-state index >= 15 is 0 Å². The highest BCUT2D eigenvalue weighted by Crippen LogP contribution is 2.33. The largest absolute Gasteiger partial charge is 0.482 e. The van der Waals surface area contributed by atoms with Crippen LogP contribution in [0.15, 0.2) is 18.2 Å². The maximum absolute atomic E-state index is 10.6. The van der Waals surface area contributed by atoms with E-state index in [2.05, 4.69) is 6.07 Å². The number of hydrogen-bond acceptors (Lipinski definition) is 3. The number of hydrogen-bond donors (Lipinski definition) is 2.